The normalized spacial score (nSPS) is 9.71. The molecule has 0 atom stereocenters. The summed E-state index contributed by atoms with van der Waals surface area (Å²) in [6.07, 6.45) is 3.41. The summed E-state index contributed by atoms with van der Waals surface area (Å²) in [4.78, 5) is 12.4. The van der Waals surface area contributed by atoms with E-state index in [1.54, 1.807) is 24.3 Å². The molecule has 1 rings (SSSR count). The lowest BCUT2D eigenvalue weighted by Crippen LogP contribution is -2.23. The maximum absolute atomic E-state index is 11.0. The summed E-state index contributed by atoms with van der Waals surface area (Å²) in [6, 6.07) is 4.99. The van der Waals surface area contributed by atoms with E-state index in [1.165, 1.54) is 6.07 Å². The Labute approximate surface area is 109 Å². The van der Waals surface area contributed by atoms with E-state index in [-0.39, 0.29) is 10.6 Å². The highest BCUT2D eigenvalue weighted by Crippen LogP contribution is 2.31. The highest BCUT2D eigenvalue weighted by molar-refractivity contribution is 9.10. The van der Waals surface area contributed by atoms with Gasteiger partial charge in [0.05, 0.1) is 4.92 Å². The fourth-order valence-corrected chi connectivity index (χ4v) is 1.84. The van der Waals surface area contributed by atoms with Crippen LogP contribution in [0.15, 0.2) is 48.0 Å². The van der Waals surface area contributed by atoms with Gasteiger partial charge in [-0.1, -0.05) is 28.1 Å². The van der Waals surface area contributed by atoms with Crippen molar-refractivity contribution in [1.82, 2.24) is 0 Å². The van der Waals surface area contributed by atoms with Gasteiger partial charge in [0.25, 0.3) is 5.69 Å². The lowest BCUT2D eigenvalue weighted by molar-refractivity contribution is -0.384. The van der Waals surface area contributed by atoms with Crippen LogP contribution in [0, 0.1) is 10.1 Å². The minimum atomic E-state index is -0.390. The molecule has 0 bridgehead atoms. The molecule has 1 aromatic carbocycles. The molecule has 4 nitrogen and oxygen atoms in total. The third-order valence-electron chi connectivity index (χ3n) is 2.17. The van der Waals surface area contributed by atoms with E-state index >= 15 is 0 Å². The molecule has 1 aromatic rings. The summed E-state index contributed by atoms with van der Waals surface area (Å²) in [5, 5.41) is 11.0. The molecular formula is C12H13BrN2O2. The Hall–Kier alpha value is -1.62. The van der Waals surface area contributed by atoms with E-state index in [2.05, 4.69) is 29.1 Å². The summed E-state index contributed by atoms with van der Waals surface area (Å²) in [7, 11) is 0. The van der Waals surface area contributed by atoms with E-state index in [4.69, 9.17) is 0 Å². The Balaban J connectivity index is 3.20. The molecule has 0 aliphatic heterocycles. The fraction of sp³-hybridized carbons (Fsp3) is 0.167. The zero-order valence-electron chi connectivity index (χ0n) is 9.30. The third kappa shape index (κ3) is 3.42. The van der Waals surface area contributed by atoms with Crippen molar-refractivity contribution in [2.24, 2.45) is 0 Å². The van der Waals surface area contributed by atoms with Crippen molar-refractivity contribution in [3.8, 4) is 0 Å². The molecule has 0 aliphatic carbocycles. The second-order valence-electron chi connectivity index (χ2n) is 3.37. The van der Waals surface area contributed by atoms with Crippen LogP contribution in [-0.4, -0.2) is 18.0 Å². The van der Waals surface area contributed by atoms with Crippen molar-refractivity contribution >= 4 is 27.3 Å². The van der Waals surface area contributed by atoms with E-state index < -0.39 is 0 Å². The molecule has 0 amide bonds. The van der Waals surface area contributed by atoms with Crippen LogP contribution in [0.25, 0.3) is 0 Å². The van der Waals surface area contributed by atoms with E-state index in [0.29, 0.717) is 23.2 Å². The van der Waals surface area contributed by atoms with Gasteiger partial charge in [0.1, 0.15) is 5.69 Å². The summed E-state index contributed by atoms with van der Waals surface area (Å²) in [6.45, 7) is 8.36. The number of benzene rings is 1. The quantitative estimate of drug-likeness (QED) is 0.458. The van der Waals surface area contributed by atoms with Gasteiger partial charge in [-0.25, -0.2) is 0 Å². The molecule has 0 N–H and O–H groups in total. The molecule has 0 aliphatic rings. The van der Waals surface area contributed by atoms with Gasteiger partial charge in [-0.15, -0.1) is 13.2 Å². The van der Waals surface area contributed by atoms with Crippen LogP contribution in [0.4, 0.5) is 11.4 Å². The summed E-state index contributed by atoms with van der Waals surface area (Å²) < 4.78 is 0.685. The number of anilines is 1. The maximum atomic E-state index is 11.0. The van der Waals surface area contributed by atoms with Crippen LogP contribution in [0.1, 0.15) is 0 Å². The zero-order chi connectivity index (χ0) is 12.8. The molecular weight excluding hydrogens is 284 g/mol. The van der Waals surface area contributed by atoms with Crippen molar-refractivity contribution in [2.75, 3.05) is 18.0 Å². The smallest absolute Gasteiger partial charge is 0.293 e. The summed E-state index contributed by atoms with van der Waals surface area (Å²) in [5.74, 6) is 0. The molecule has 0 heterocycles. The Morgan fingerprint density at radius 2 is 1.94 bits per heavy atom. The van der Waals surface area contributed by atoms with Crippen molar-refractivity contribution in [1.29, 1.82) is 0 Å². The van der Waals surface area contributed by atoms with E-state index in [9.17, 15) is 10.1 Å². The van der Waals surface area contributed by atoms with Crippen LogP contribution in [0.5, 0.6) is 0 Å². The van der Waals surface area contributed by atoms with Crippen LogP contribution < -0.4 is 4.90 Å². The second-order valence-corrected chi connectivity index (χ2v) is 4.29. The van der Waals surface area contributed by atoms with Crippen molar-refractivity contribution < 1.29 is 4.92 Å². The second kappa shape index (κ2) is 6.20. The van der Waals surface area contributed by atoms with Gasteiger partial charge < -0.3 is 4.90 Å². The van der Waals surface area contributed by atoms with Gasteiger partial charge >= 0.3 is 0 Å². The molecule has 0 saturated carbocycles. The minimum Gasteiger partial charge on any atom is -0.359 e. The zero-order valence-corrected chi connectivity index (χ0v) is 10.9. The van der Waals surface area contributed by atoms with E-state index in [0.717, 1.165) is 0 Å². The van der Waals surface area contributed by atoms with Gasteiger partial charge in [0.2, 0.25) is 0 Å². The molecule has 5 heteroatoms. The predicted octanol–water partition coefficient (Wildman–Crippen LogP) is 3.54. The third-order valence-corrected chi connectivity index (χ3v) is 2.67. The fourth-order valence-electron chi connectivity index (χ4n) is 1.49. The molecule has 0 aromatic heterocycles. The van der Waals surface area contributed by atoms with Crippen LogP contribution in [0.2, 0.25) is 0 Å². The highest BCUT2D eigenvalue weighted by Gasteiger charge is 2.18. The Kier molecular flexibility index (Phi) is 4.90. The van der Waals surface area contributed by atoms with Crippen LogP contribution in [0.3, 0.4) is 0 Å². The number of halogens is 1. The van der Waals surface area contributed by atoms with Crippen molar-refractivity contribution in [3.05, 3.63) is 58.1 Å². The average molecular weight is 297 g/mol. The predicted molar refractivity (Wildman–Crippen MR) is 73.4 cm³/mol. The largest absolute Gasteiger partial charge is 0.359 e. The number of nitro benzene ring substituents is 1. The van der Waals surface area contributed by atoms with Gasteiger partial charge in [-0.3, -0.25) is 10.1 Å². The standard InChI is InChI=1S/C12H13BrN2O2/c1-3-7-14(8-4-2)11-6-5-10(13)9-12(11)15(16)17/h3-6,9H,1-2,7-8H2. The van der Waals surface area contributed by atoms with E-state index in [1.807, 2.05) is 4.90 Å². The average Bonchev–Trinajstić information content (AvgIpc) is 2.28. The molecule has 0 spiro atoms. The first-order chi connectivity index (χ1) is 8.10. The number of nitro groups is 1. The lowest BCUT2D eigenvalue weighted by atomic mass is 10.2. The van der Waals surface area contributed by atoms with Gasteiger partial charge in [0.15, 0.2) is 0 Å². The lowest BCUT2D eigenvalue weighted by Gasteiger charge is -2.21. The van der Waals surface area contributed by atoms with Crippen LogP contribution in [-0.2, 0) is 0 Å². The van der Waals surface area contributed by atoms with Gasteiger partial charge in [0, 0.05) is 23.6 Å². The number of hydrogen-bond donors (Lipinski definition) is 0. The monoisotopic (exact) mass is 296 g/mol. The topological polar surface area (TPSA) is 46.4 Å². The Morgan fingerprint density at radius 1 is 1.35 bits per heavy atom. The number of rotatable bonds is 6. The summed E-state index contributed by atoms with van der Waals surface area (Å²) in [5.41, 5.74) is 0.640. The van der Waals surface area contributed by atoms with Crippen LogP contribution >= 0.6 is 15.9 Å². The van der Waals surface area contributed by atoms with Gasteiger partial charge in [-0.2, -0.15) is 0 Å². The molecule has 0 fully saturated rings. The van der Waals surface area contributed by atoms with Crippen molar-refractivity contribution in [2.45, 2.75) is 0 Å². The summed E-state index contributed by atoms with van der Waals surface area (Å²) >= 11 is 3.23. The molecule has 17 heavy (non-hydrogen) atoms. The Bertz CT molecular complexity index is 436. The van der Waals surface area contributed by atoms with Gasteiger partial charge in [-0.05, 0) is 12.1 Å². The van der Waals surface area contributed by atoms with Crippen molar-refractivity contribution in [3.63, 3.8) is 0 Å². The Morgan fingerprint density at radius 3 is 2.41 bits per heavy atom. The molecule has 90 valence electrons. The SMILES string of the molecule is C=CCN(CC=C)c1ccc(Br)cc1[N+](=O)[O-]. The minimum absolute atomic E-state index is 0.0723. The maximum Gasteiger partial charge on any atom is 0.293 e. The number of hydrogen-bond acceptors (Lipinski definition) is 3. The number of nitrogens with zero attached hydrogens (tertiary/aromatic N) is 2. The first kappa shape index (κ1) is 13.4. The highest BCUT2D eigenvalue weighted by atomic mass is 79.9. The molecule has 0 radical (unpaired) electrons. The first-order valence-electron chi connectivity index (χ1n) is 5.00. The first-order valence-corrected chi connectivity index (χ1v) is 5.80. The molecule has 0 unspecified atom stereocenters. The molecule has 0 saturated heterocycles.